The van der Waals surface area contributed by atoms with Crippen LogP contribution < -0.4 is 5.32 Å². The summed E-state index contributed by atoms with van der Waals surface area (Å²) >= 11 is 0. The van der Waals surface area contributed by atoms with Gasteiger partial charge in [-0.25, -0.2) is 0 Å². The van der Waals surface area contributed by atoms with Crippen LogP contribution in [0.3, 0.4) is 0 Å². The zero-order valence-corrected chi connectivity index (χ0v) is 11.1. The summed E-state index contributed by atoms with van der Waals surface area (Å²) in [5, 5.41) is 2.77. The number of nitrogens with one attached hydrogen (secondary N) is 1. The lowest BCUT2D eigenvalue weighted by atomic mass is 9.93. The van der Waals surface area contributed by atoms with E-state index >= 15 is 0 Å². The highest BCUT2D eigenvalue weighted by Crippen LogP contribution is 2.30. The number of hydrogen-bond acceptors (Lipinski definition) is 2. The van der Waals surface area contributed by atoms with Crippen LogP contribution in [0.1, 0.15) is 36.9 Å². The molecule has 100 valence electrons. The SMILES string of the molecule is CC1c2ccccc2CCN1C(=O)C1CCC(=O)N1. The van der Waals surface area contributed by atoms with Crippen LogP contribution in [0.25, 0.3) is 0 Å². The predicted octanol–water partition coefficient (Wildman–Crippen LogP) is 1.41. The lowest BCUT2D eigenvalue weighted by molar-refractivity contribution is -0.136. The summed E-state index contributed by atoms with van der Waals surface area (Å²) in [6.45, 7) is 2.80. The van der Waals surface area contributed by atoms with Crippen LogP contribution >= 0.6 is 0 Å². The van der Waals surface area contributed by atoms with E-state index in [-0.39, 0.29) is 23.9 Å². The highest BCUT2D eigenvalue weighted by atomic mass is 16.2. The lowest BCUT2D eigenvalue weighted by Crippen LogP contribution is -2.47. The Balaban J connectivity index is 1.80. The van der Waals surface area contributed by atoms with E-state index in [0.717, 1.165) is 13.0 Å². The Morgan fingerprint density at radius 2 is 2.11 bits per heavy atom. The number of nitrogens with zero attached hydrogens (tertiary/aromatic N) is 1. The van der Waals surface area contributed by atoms with Crippen LogP contribution in [-0.4, -0.2) is 29.3 Å². The molecule has 0 aromatic heterocycles. The maximum Gasteiger partial charge on any atom is 0.245 e. The van der Waals surface area contributed by atoms with Gasteiger partial charge in [-0.3, -0.25) is 9.59 Å². The second-order valence-electron chi connectivity index (χ2n) is 5.32. The number of carbonyl (C=O) groups excluding carboxylic acids is 2. The Hall–Kier alpha value is -1.84. The van der Waals surface area contributed by atoms with Gasteiger partial charge in [-0.05, 0) is 30.9 Å². The van der Waals surface area contributed by atoms with E-state index in [1.54, 1.807) is 0 Å². The molecular formula is C15H18N2O2. The molecule has 3 rings (SSSR count). The van der Waals surface area contributed by atoms with Gasteiger partial charge in [0.2, 0.25) is 11.8 Å². The van der Waals surface area contributed by atoms with Crippen molar-refractivity contribution in [2.45, 2.75) is 38.3 Å². The minimum atomic E-state index is -0.319. The average molecular weight is 258 g/mol. The van der Waals surface area contributed by atoms with Crippen molar-refractivity contribution < 1.29 is 9.59 Å². The summed E-state index contributed by atoms with van der Waals surface area (Å²) in [4.78, 5) is 25.6. The molecule has 1 aromatic carbocycles. The number of benzene rings is 1. The van der Waals surface area contributed by atoms with Crippen molar-refractivity contribution in [3.8, 4) is 0 Å². The van der Waals surface area contributed by atoms with Gasteiger partial charge < -0.3 is 10.2 Å². The molecular weight excluding hydrogens is 240 g/mol. The first-order valence-electron chi connectivity index (χ1n) is 6.84. The third-order valence-electron chi connectivity index (χ3n) is 4.17. The number of hydrogen-bond donors (Lipinski definition) is 1. The minimum Gasteiger partial charge on any atom is -0.344 e. The van der Waals surface area contributed by atoms with E-state index in [9.17, 15) is 9.59 Å². The van der Waals surface area contributed by atoms with Gasteiger partial charge in [0.05, 0.1) is 6.04 Å². The Labute approximate surface area is 112 Å². The van der Waals surface area contributed by atoms with Crippen LogP contribution in [0.15, 0.2) is 24.3 Å². The van der Waals surface area contributed by atoms with E-state index in [1.165, 1.54) is 11.1 Å². The summed E-state index contributed by atoms with van der Waals surface area (Å²) < 4.78 is 0. The third-order valence-corrected chi connectivity index (χ3v) is 4.17. The van der Waals surface area contributed by atoms with Gasteiger partial charge >= 0.3 is 0 Å². The molecule has 1 saturated heterocycles. The summed E-state index contributed by atoms with van der Waals surface area (Å²) in [5.74, 6) is 0.0521. The van der Waals surface area contributed by atoms with E-state index < -0.39 is 0 Å². The smallest absolute Gasteiger partial charge is 0.245 e. The molecule has 4 heteroatoms. The summed E-state index contributed by atoms with van der Waals surface area (Å²) in [7, 11) is 0. The largest absolute Gasteiger partial charge is 0.344 e. The van der Waals surface area contributed by atoms with Crippen LogP contribution in [-0.2, 0) is 16.0 Å². The maximum atomic E-state index is 12.5. The number of fused-ring (bicyclic) bond motifs is 1. The molecule has 0 saturated carbocycles. The van der Waals surface area contributed by atoms with Gasteiger partial charge in [0.15, 0.2) is 0 Å². The molecule has 2 amide bonds. The van der Waals surface area contributed by atoms with E-state index in [0.29, 0.717) is 12.8 Å². The second-order valence-corrected chi connectivity index (χ2v) is 5.32. The van der Waals surface area contributed by atoms with Crippen molar-refractivity contribution in [1.82, 2.24) is 10.2 Å². The molecule has 2 aliphatic heterocycles. The first kappa shape index (κ1) is 12.2. The van der Waals surface area contributed by atoms with Gasteiger partial charge in [0.1, 0.15) is 6.04 Å². The number of amides is 2. The number of rotatable bonds is 1. The van der Waals surface area contributed by atoms with Crippen LogP contribution in [0.4, 0.5) is 0 Å². The van der Waals surface area contributed by atoms with Crippen molar-refractivity contribution in [1.29, 1.82) is 0 Å². The van der Waals surface area contributed by atoms with Crippen molar-refractivity contribution in [2.75, 3.05) is 6.54 Å². The van der Waals surface area contributed by atoms with Crippen molar-refractivity contribution in [2.24, 2.45) is 0 Å². The van der Waals surface area contributed by atoms with E-state index in [2.05, 4.69) is 24.4 Å². The Morgan fingerprint density at radius 3 is 2.84 bits per heavy atom. The van der Waals surface area contributed by atoms with Crippen molar-refractivity contribution >= 4 is 11.8 Å². The molecule has 0 aliphatic carbocycles. The molecule has 0 radical (unpaired) electrons. The highest BCUT2D eigenvalue weighted by molar-refractivity contribution is 5.91. The van der Waals surface area contributed by atoms with Crippen LogP contribution in [0, 0.1) is 0 Å². The van der Waals surface area contributed by atoms with Gasteiger partial charge in [0.25, 0.3) is 0 Å². The lowest BCUT2D eigenvalue weighted by Gasteiger charge is -2.36. The third kappa shape index (κ3) is 2.11. The first-order valence-corrected chi connectivity index (χ1v) is 6.84. The summed E-state index contributed by atoms with van der Waals surface area (Å²) in [6.07, 6.45) is 1.99. The first-order chi connectivity index (χ1) is 9.16. The quantitative estimate of drug-likeness (QED) is 0.828. The summed E-state index contributed by atoms with van der Waals surface area (Å²) in [5.41, 5.74) is 2.56. The molecule has 0 bridgehead atoms. The Bertz CT molecular complexity index is 527. The average Bonchev–Trinajstić information content (AvgIpc) is 2.85. The molecule has 1 N–H and O–H groups in total. The fourth-order valence-electron chi connectivity index (χ4n) is 3.07. The number of carbonyl (C=O) groups is 2. The standard InChI is InChI=1S/C15H18N2O2/c1-10-12-5-3-2-4-11(12)8-9-17(10)15(19)13-6-7-14(18)16-13/h2-5,10,13H,6-9H2,1H3,(H,16,18). The zero-order chi connectivity index (χ0) is 13.4. The molecule has 19 heavy (non-hydrogen) atoms. The summed E-state index contributed by atoms with van der Waals surface area (Å²) in [6, 6.07) is 8.05. The predicted molar refractivity (Wildman–Crippen MR) is 71.4 cm³/mol. The molecule has 2 atom stereocenters. The zero-order valence-electron chi connectivity index (χ0n) is 11.1. The molecule has 2 unspecified atom stereocenters. The van der Waals surface area contributed by atoms with Crippen molar-refractivity contribution in [3.63, 3.8) is 0 Å². The second kappa shape index (κ2) is 4.68. The molecule has 2 heterocycles. The van der Waals surface area contributed by atoms with E-state index in [4.69, 9.17) is 0 Å². The van der Waals surface area contributed by atoms with E-state index in [1.807, 2.05) is 17.0 Å². The minimum absolute atomic E-state index is 0.0107. The van der Waals surface area contributed by atoms with Gasteiger partial charge in [-0.1, -0.05) is 24.3 Å². The maximum absolute atomic E-state index is 12.5. The van der Waals surface area contributed by atoms with Gasteiger partial charge in [-0.2, -0.15) is 0 Å². The Kier molecular flexibility index (Phi) is 3.01. The Morgan fingerprint density at radius 1 is 1.32 bits per heavy atom. The van der Waals surface area contributed by atoms with Crippen LogP contribution in [0.5, 0.6) is 0 Å². The molecule has 1 fully saturated rings. The highest BCUT2D eigenvalue weighted by Gasteiger charge is 2.35. The molecule has 0 spiro atoms. The monoisotopic (exact) mass is 258 g/mol. The fraction of sp³-hybridized carbons (Fsp3) is 0.467. The normalized spacial score (nSPS) is 25.9. The van der Waals surface area contributed by atoms with Gasteiger partial charge in [-0.15, -0.1) is 0 Å². The molecule has 4 nitrogen and oxygen atoms in total. The fourth-order valence-corrected chi connectivity index (χ4v) is 3.07. The topological polar surface area (TPSA) is 49.4 Å². The molecule has 2 aliphatic rings. The van der Waals surface area contributed by atoms with Gasteiger partial charge in [0, 0.05) is 13.0 Å². The van der Waals surface area contributed by atoms with Crippen molar-refractivity contribution in [3.05, 3.63) is 35.4 Å². The van der Waals surface area contributed by atoms with Crippen LogP contribution in [0.2, 0.25) is 0 Å². The molecule has 1 aromatic rings.